The quantitative estimate of drug-likeness (QED) is 0.626. The summed E-state index contributed by atoms with van der Waals surface area (Å²) in [7, 11) is 1.75. The number of rotatable bonds is 6. The summed E-state index contributed by atoms with van der Waals surface area (Å²) in [5.41, 5.74) is 1.87. The van der Waals surface area contributed by atoms with Gasteiger partial charge in [-0.1, -0.05) is 0 Å². The van der Waals surface area contributed by atoms with E-state index in [1.807, 2.05) is 18.2 Å². The van der Waals surface area contributed by atoms with Crippen molar-refractivity contribution in [1.29, 1.82) is 0 Å². The van der Waals surface area contributed by atoms with Crippen molar-refractivity contribution in [3.8, 4) is 17.2 Å². The van der Waals surface area contributed by atoms with E-state index in [0.717, 1.165) is 16.7 Å². The van der Waals surface area contributed by atoms with Crippen LogP contribution in [0.15, 0.2) is 48.7 Å². The zero-order valence-electron chi connectivity index (χ0n) is 16.4. The van der Waals surface area contributed by atoms with Gasteiger partial charge in [0.2, 0.25) is 0 Å². The molecule has 1 unspecified atom stereocenters. The van der Waals surface area contributed by atoms with Gasteiger partial charge >= 0.3 is 0 Å². The average Bonchev–Trinajstić information content (AvgIpc) is 3.38. The highest BCUT2D eigenvalue weighted by Crippen LogP contribution is 2.44. The summed E-state index contributed by atoms with van der Waals surface area (Å²) in [6.45, 7) is 0.659. The lowest BCUT2D eigenvalue weighted by Crippen LogP contribution is -2.34. The van der Waals surface area contributed by atoms with Crippen molar-refractivity contribution < 1.29 is 13.9 Å². The Labute approximate surface area is 169 Å². The predicted molar refractivity (Wildman–Crippen MR) is 111 cm³/mol. The molecule has 1 saturated heterocycles. The van der Waals surface area contributed by atoms with E-state index in [9.17, 15) is 4.39 Å². The first-order valence-corrected chi connectivity index (χ1v) is 10.1. The van der Waals surface area contributed by atoms with Crippen molar-refractivity contribution in [3.05, 3.63) is 54.5 Å². The van der Waals surface area contributed by atoms with Gasteiger partial charge in [0.15, 0.2) is 11.6 Å². The number of hydrogen-bond donors (Lipinski definition) is 2. The molecule has 1 spiro atoms. The first kappa shape index (κ1) is 18.2. The Bertz CT molecular complexity index is 1050. The van der Waals surface area contributed by atoms with Gasteiger partial charge in [-0.3, -0.25) is 4.98 Å². The molecule has 0 radical (unpaired) electrons. The monoisotopic (exact) mass is 393 g/mol. The van der Waals surface area contributed by atoms with Crippen LogP contribution in [0.5, 0.6) is 17.2 Å². The number of aromatic nitrogens is 1. The summed E-state index contributed by atoms with van der Waals surface area (Å²) >= 11 is 0. The van der Waals surface area contributed by atoms with Crippen LogP contribution in [0.3, 0.4) is 0 Å². The van der Waals surface area contributed by atoms with E-state index >= 15 is 0 Å². The van der Waals surface area contributed by atoms with Crippen LogP contribution in [-0.4, -0.2) is 30.2 Å². The third-order valence-corrected chi connectivity index (χ3v) is 5.90. The minimum atomic E-state index is -0.417. The Morgan fingerprint density at radius 2 is 2.03 bits per heavy atom. The SMILES string of the molecule is CNc1ccc(Oc2ccnc3cc(OCC4CCC5(CC5)N4)ccc23)c(F)c1. The fraction of sp³-hybridized carbons (Fsp3) is 0.348. The molecule has 1 aromatic heterocycles. The largest absolute Gasteiger partial charge is 0.492 e. The molecule has 2 aromatic carbocycles. The maximum Gasteiger partial charge on any atom is 0.167 e. The number of hydrogen-bond acceptors (Lipinski definition) is 5. The maximum atomic E-state index is 14.3. The molecule has 2 aliphatic rings. The number of fused-ring (bicyclic) bond motifs is 1. The highest BCUT2D eigenvalue weighted by atomic mass is 19.1. The van der Waals surface area contributed by atoms with E-state index < -0.39 is 5.82 Å². The zero-order valence-corrected chi connectivity index (χ0v) is 16.4. The van der Waals surface area contributed by atoms with Crippen molar-refractivity contribution in [3.63, 3.8) is 0 Å². The zero-order chi connectivity index (χ0) is 19.8. The summed E-state index contributed by atoms with van der Waals surface area (Å²) in [4.78, 5) is 4.43. The smallest absolute Gasteiger partial charge is 0.167 e. The standard InChI is InChI=1S/C23H24FN3O2/c1-25-15-2-5-22(19(24)12-15)29-21-7-11-26-20-13-17(3-4-18(20)21)28-14-16-6-8-23(27-16)9-10-23/h2-5,7,11-13,16,25,27H,6,8-10,14H2,1H3. The summed E-state index contributed by atoms with van der Waals surface area (Å²) in [5.74, 6) is 1.11. The Hall–Kier alpha value is -2.86. The Morgan fingerprint density at radius 1 is 1.14 bits per heavy atom. The molecular formula is C23H24FN3O2. The van der Waals surface area contributed by atoms with Gasteiger partial charge in [-0.25, -0.2) is 4.39 Å². The molecule has 3 aromatic rings. The molecule has 2 heterocycles. The molecule has 1 aliphatic heterocycles. The molecule has 1 aliphatic carbocycles. The van der Waals surface area contributed by atoms with Gasteiger partial charge in [-0.15, -0.1) is 0 Å². The van der Waals surface area contributed by atoms with E-state index in [4.69, 9.17) is 9.47 Å². The second-order valence-electron chi connectivity index (χ2n) is 7.96. The first-order valence-electron chi connectivity index (χ1n) is 10.1. The number of benzene rings is 2. The number of pyridine rings is 1. The fourth-order valence-electron chi connectivity index (χ4n) is 4.03. The topological polar surface area (TPSA) is 55.4 Å². The van der Waals surface area contributed by atoms with Crippen molar-refractivity contribution in [2.24, 2.45) is 0 Å². The molecule has 1 atom stereocenters. The van der Waals surface area contributed by atoms with Crippen LogP contribution in [0.1, 0.15) is 25.7 Å². The van der Waals surface area contributed by atoms with Crippen LogP contribution in [0.25, 0.3) is 10.9 Å². The summed E-state index contributed by atoms with van der Waals surface area (Å²) in [6.07, 6.45) is 6.68. The highest BCUT2D eigenvalue weighted by molar-refractivity contribution is 5.86. The van der Waals surface area contributed by atoms with Crippen molar-refractivity contribution in [2.45, 2.75) is 37.3 Å². The van der Waals surface area contributed by atoms with Gasteiger partial charge in [0.1, 0.15) is 18.1 Å². The van der Waals surface area contributed by atoms with Gasteiger partial charge < -0.3 is 20.1 Å². The van der Waals surface area contributed by atoms with E-state index in [1.165, 1.54) is 31.7 Å². The summed E-state index contributed by atoms with van der Waals surface area (Å²) < 4.78 is 26.1. The van der Waals surface area contributed by atoms with E-state index in [2.05, 4.69) is 15.6 Å². The molecule has 29 heavy (non-hydrogen) atoms. The molecule has 5 rings (SSSR count). The first-order chi connectivity index (χ1) is 14.1. The fourth-order valence-corrected chi connectivity index (χ4v) is 4.03. The second kappa shape index (κ2) is 7.19. The van der Waals surface area contributed by atoms with Crippen LogP contribution in [0.4, 0.5) is 10.1 Å². The molecular weight excluding hydrogens is 369 g/mol. The molecule has 0 bridgehead atoms. The number of ether oxygens (including phenoxy) is 2. The molecule has 5 nitrogen and oxygen atoms in total. The van der Waals surface area contributed by atoms with E-state index in [0.29, 0.717) is 29.6 Å². The van der Waals surface area contributed by atoms with Crippen LogP contribution in [-0.2, 0) is 0 Å². The molecule has 0 amide bonds. The van der Waals surface area contributed by atoms with Gasteiger partial charge in [0.05, 0.1) is 5.52 Å². The van der Waals surface area contributed by atoms with Gasteiger partial charge in [-0.2, -0.15) is 0 Å². The lowest BCUT2D eigenvalue weighted by Gasteiger charge is -2.15. The van der Waals surface area contributed by atoms with Crippen molar-refractivity contribution in [1.82, 2.24) is 10.3 Å². The number of anilines is 1. The second-order valence-corrected chi connectivity index (χ2v) is 7.96. The van der Waals surface area contributed by atoms with Crippen LogP contribution < -0.4 is 20.1 Å². The minimum Gasteiger partial charge on any atom is -0.492 e. The molecule has 2 N–H and O–H groups in total. The van der Waals surface area contributed by atoms with E-state index in [-0.39, 0.29) is 5.75 Å². The molecule has 6 heteroatoms. The Kier molecular flexibility index (Phi) is 4.51. The number of nitrogens with one attached hydrogen (secondary N) is 2. The minimum absolute atomic E-state index is 0.179. The summed E-state index contributed by atoms with van der Waals surface area (Å²) in [5, 5.41) is 7.42. The van der Waals surface area contributed by atoms with E-state index in [1.54, 1.807) is 31.4 Å². The van der Waals surface area contributed by atoms with Crippen LogP contribution >= 0.6 is 0 Å². The molecule has 1 saturated carbocycles. The maximum absolute atomic E-state index is 14.3. The molecule has 2 fully saturated rings. The van der Waals surface area contributed by atoms with Gasteiger partial charge in [0, 0.05) is 48.0 Å². The van der Waals surface area contributed by atoms with Crippen molar-refractivity contribution in [2.75, 3.05) is 19.0 Å². The van der Waals surface area contributed by atoms with Gasteiger partial charge in [0.25, 0.3) is 0 Å². The third-order valence-electron chi connectivity index (χ3n) is 5.90. The third kappa shape index (κ3) is 3.72. The Morgan fingerprint density at radius 3 is 2.79 bits per heavy atom. The normalized spacial score (nSPS) is 19.4. The lowest BCUT2D eigenvalue weighted by atomic mass is 10.2. The summed E-state index contributed by atoms with van der Waals surface area (Å²) in [6, 6.07) is 12.7. The van der Waals surface area contributed by atoms with Crippen LogP contribution in [0.2, 0.25) is 0 Å². The molecule has 150 valence electrons. The predicted octanol–water partition coefficient (Wildman–Crippen LogP) is 4.87. The van der Waals surface area contributed by atoms with Crippen molar-refractivity contribution >= 4 is 16.6 Å². The van der Waals surface area contributed by atoms with Gasteiger partial charge in [-0.05, 0) is 56.0 Å². The average molecular weight is 393 g/mol. The highest BCUT2D eigenvalue weighted by Gasteiger charge is 2.47. The number of nitrogens with zero attached hydrogens (tertiary/aromatic N) is 1. The number of halogens is 1. The lowest BCUT2D eigenvalue weighted by molar-refractivity contribution is 0.272. The van der Waals surface area contributed by atoms with Crippen LogP contribution in [0, 0.1) is 5.82 Å². The Balaban J connectivity index is 1.32.